The molecule has 7 heteroatoms. The SMILES string of the molecule is CC(Nc1ncnc2[nH]ncc12)C(OC1CCOCC1)c1ccccc1. The Hall–Kier alpha value is -2.51. The molecule has 0 radical (unpaired) electrons. The number of hydrogen-bond donors (Lipinski definition) is 2. The van der Waals surface area contributed by atoms with Crippen LogP contribution >= 0.6 is 0 Å². The van der Waals surface area contributed by atoms with Gasteiger partial charge in [0.05, 0.1) is 23.7 Å². The van der Waals surface area contributed by atoms with Crippen LogP contribution in [0.1, 0.15) is 31.4 Å². The number of nitrogens with zero attached hydrogens (tertiary/aromatic N) is 3. The lowest BCUT2D eigenvalue weighted by molar-refractivity contribution is -0.0738. The number of aromatic nitrogens is 4. The van der Waals surface area contributed by atoms with Crippen molar-refractivity contribution in [2.45, 2.75) is 38.0 Å². The van der Waals surface area contributed by atoms with Gasteiger partial charge in [0.2, 0.25) is 0 Å². The lowest BCUT2D eigenvalue weighted by Gasteiger charge is -2.32. The zero-order chi connectivity index (χ0) is 17.8. The Morgan fingerprint density at radius 1 is 1.19 bits per heavy atom. The summed E-state index contributed by atoms with van der Waals surface area (Å²) in [5.74, 6) is 0.757. The van der Waals surface area contributed by atoms with Crippen LogP contribution in [-0.4, -0.2) is 45.5 Å². The summed E-state index contributed by atoms with van der Waals surface area (Å²) in [4.78, 5) is 8.58. The van der Waals surface area contributed by atoms with Crippen molar-refractivity contribution in [3.63, 3.8) is 0 Å². The van der Waals surface area contributed by atoms with Crippen molar-refractivity contribution in [3.8, 4) is 0 Å². The van der Waals surface area contributed by atoms with Gasteiger partial charge in [-0.2, -0.15) is 5.10 Å². The maximum absolute atomic E-state index is 6.50. The molecule has 1 aliphatic heterocycles. The van der Waals surface area contributed by atoms with Crippen molar-refractivity contribution < 1.29 is 9.47 Å². The number of benzene rings is 1. The number of nitrogens with one attached hydrogen (secondary N) is 2. The Morgan fingerprint density at radius 2 is 2.00 bits per heavy atom. The Kier molecular flexibility index (Phi) is 5.08. The maximum atomic E-state index is 6.50. The molecule has 136 valence electrons. The molecular weight excluding hydrogens is 330 g/mol. The van der Waals surface area contributed by atoms with Gasteiger partial charge in [-0.25, -0.2) is 9.97 Å². The second-order valence-corrected chi connectivity index (χ2v) is 6.57. The van der Waals surface area contributed by atoms with E-state index >= 15 is 0 Å². The highest BCUT2D eigenvalue weighted by Crippen LogP contribution is 2.29. The average Bonchev–Trinajstić information content (AvgIpc) is 3.17. The number of H-pyrrole nitrogens is 1. The lowest BCUT2D eigenvalue weighted by Crippen LogP contribution is -2.32. The molecule has 3 aromatic rings. The molecule has 0 saturated carbocycles. The number of aromatic amines is 1. The van der Waals surface area contributed by atoms with Gasteiger partial charge >= 0.3 is 0 Å². The summed E-state index contributed by atoms with van der Waals surface area (Å²) in [5, 5.41) is 11.3. The summed E-state index contributed by atoms with van der Waals surface area (Å²) in [5.41, 5.74) is 1.87. The van der Waals surface area contributed by atoms with Crippen LogP contribution in [0.5, 0.6) is 0 Å². The first-order valence-corrected chi connectivity index (χ1v) is 9.00. The monoisotopic (exact) mass is 353 g/mol. The predicted molar refractivity (Wildman–Crippen MR) is 98.9 cm³/mol. The van der Waals surface area contributed by atoms with Crippen molar-refractivity contribution in [1.82, 2.24) is 20.2 Å². The zero-order valence-corrected chi connectivity index (χ0v) is 14.8. The van der Waals surface area contributed by atoms with Gasteiger partial charge in [-0.05, 0) is 25.3 Å². The van der Waals surface area contributed by atoms with Crippen molar-refractivity contribution in [2.24, 2.45) is 0 Å². The van der Waals surface area contributed by atoms with Crippen LogP contribution in [0.2, 0.25) is 0 Å². The highest BCUT2D eigenvalue weighted by Gasteiger charge is 2.26. The predicted octanol–water partition coefficient (Wildman–Crippen LogP) is 3.09. The largest absolute Gasteiger partial charge is 0.381 e. The van der Waals surface area contributed by atoms with E-state index in [4.69, 9.17) is 9.47 Å². The molecule has 26 heavy (non-hydrogen) atoms. The molecule has 4 rings (SSSR count). The first-order valence-electron chi connectivity index (χ1n) is 9.00. The minimum atomic E-state index is -0.0868. The van der Waals surface area contributed by atoms with E-state index in [-0.39, 0.29) is 18.2 Å². The summed E-state index contributed by atoms with van der Waals surface area (Å²) < 4.78 is 12.0. The van der Waals surface area contributed by atoms with Crippen molar-refractivity contribution in [3.05, 3.63) is 48.4 Å². The minimum absolute atomic E-state index is 0.0215. The van der Waals surface area contributed by atoms with Crippen LogP contribution in [0.15, 0.2) is 42.9 Å². The molecule has 2 unspecified atom stereocenters. The molecule has 1 fully saturated rings. The Labute approximate surface area is 152 Å². The van der Waals surface area contributed by atoms with Crippen molar-refractivity contribution in [2.75, 3.05) is 18.5 Å². The van der Waals surface area contributed by atoms with E-state index in [0.29, 0.717) is 0 Å². The average molecular weight is 353 g/mol. The van der Waals surface area contributed by atoms with Gasteiger partial charge in [-0.1, -0.05) is 30.3 Å². The van der Waals surface area contributed by atoms with Crippen LogP contribution in [-0.2, 0) is 9.47 Å². The first-order chi connectivity index (χ1) is 12.8. The molecule has 1 aliphatic rings. The number of rotatable bonds is 6. The Morgan fingerprint density at radius 3 is 2.81 bits per heavy atom. The molecular formula is C19H23N5O2. The fraction of sp³-hybridized carbons (Fsp3) is 0.421. The summed E-state index contributed by atoms with van der Waals surface area (Å²) in [6.07, 6.45) is 5.24. The number of ether oxygens (including phenoxy) is 2. The normalized spacial score (nSPS) is 17.9. The van der Waals surface area contributed by atoms with Crippen LogP contribution in [0.3, 0.4) is 0 Å². The molecule has 0 aliphatic carbocycles. The van der Waals surface area contributed by atoms with E-state index < -0.39 is 0 Å². The smallest absolute Gasteiger partial charge is 0.160 e. The third kappa shape index (κ3) is 3.68. The highest BCUT2D eigenvalue weighted by molar-refractivity contribution is 5.85. The molecule has 0 amide bonds. The standard InChI is InChI=1S/C19H23N5O2/c1-13(23-18-16-11-22-24-19(16)21-12-20-18)17(14-5-3-2-4-6-14)26-15-7-9-25-10-8-15/h2-6,11-13,15,17H,7-10H2,1H3,(H2,20,21,22,23,24). The second kappa shape index (κ2) is 7.80. The van der Waals surface area contributed by atoms with Crippen LogP contribution in [0.25, 0.3) is 11.0 Å². The van der Waals surface area contributed by atoms with E-state index in [0.717, 1.165) is 48.5 Å². The fourth-order valence-corrected chi connectivity index (χ4v) is 3.32. The van der Waals surface area contributed by atoms with Crippen LogP contribution in [0, 0.1) is 0 Å². The van der Waals surface area contributed by atoms with Gasteiger partial charge in [0.15, 0.2) is 5.65 Å². The maximum Gasteiger partial charge on any atom is 0.160 e. The fourth-order valence-electron chi connectivity index (χ4n) is 3.32. The number of hydrogen-bond acceptors (Lipinski definition) is 6. The first kappa shape index (κ1) is 16.9. The summed E-state index contributed by atoms with van der Waals surface area (Å²) >= 11 is 0. The number of fused-ring (bicyclic) bond motifs is 1. The summed E-state index contributed by atoms with van der Waals surface area (Å²) in [6.45, 7) is 3.64. The molecule has 2 N–H and O–H groups in total. The molecule has 7 nitrogen and oxygen atoms in total. The van der Waals surface area contributed by atoms with Gasteiger partial charge in [0, 0.05) is 13.2 Å². The van der Waals surface area contributed by atoms with E-state index in [1.807, 2.05) is 18.2 Å². The molecule has 2 atom stereocenters. The van der Waals surface area contributed by atoms with E-state index in [1.54, 1.807) is 6.20 Å². The van der Waals surface area contributed by atoms with Gasteiger partial charge in [-0.15, -0.1) is 0 Å². The molecule has 0 spiro atoms. The summed E-state index contributed by atoms with van der Waals surface area (Å²) in [6, 6.07) is 10.3. The third-order valence-corrected chi connectivity index (χ3v) is 4.70. The van der Waals surface area contributed by atoms with E-state index in [1.165, 1.54) is 6.33 Å². The molecule has 2 aromatic heterocycles. The summed E-state index contributed by atoms with van der Waals surface area (Å²) in [7, 11) is 0. The van der Waals surface area contributed by atoms with E-state index in [9.17, 15) is 0 Å². The third-order valence-electron chi connectivity index (χ3n) is 4.70. The topological polar surface area (TPSA) is 85.0 Å². The van der Waals surface area contributed by atoms with Crippen LogP contribution in [0.4, 0.5) is 5.82 Å². The molecule has 3 heterocycles. The lowest BCUT2D eigenvalue weighted by atomic mass is 10.0. The quantitative estimate of drug-likeness (QED) is 0.708. The van der Waals surface area contributed by atoms with Crippen molar-refractivity contribution in [1.29, 1.82) is 0 Å². The van der Waals surface area contributed by atoms with E-state index in [2.05, 4.69) is 44.5 Å². The second-order valence-electron chi connectivity index (χ2n) is 6.57. The van der Waals surface area contributed by atoms with Gasteiger partial charge < -0.3 is 14.8 Å². The van der Waals surface area contributed by atoms with Crippen LogP contribution < -0.4 is 5.32 Å². The number of anilines is 1. The van der Waals surface area contributed by atoms with Gasteiger partial charge in [0.25, 0.3) is 0 Å². The molecule has 1 aromatic carbocycles. The highest BCUT2D eigenvalue weighted by atomic mass is 16.5. The molecule has 1 saturated heterocycles. The Balaban J connectivity index is 1.57. The zero-order valence-electron chi connectivity index (χ0n) is 14.8. The van der Waals surface area contributed by atoms with Crippen molar-refractivity contribution >= 4 is 16.9 Å². The van der Waals surface area contributed by atoms with Gasteiger partial charge in [0.1, 0.15) is 18.2 Å². The minimum Gasteiger partial charge on any atom is -0.381 e. The molecule has 0 bridgehead atoms. The van der Waals surface area contributed by atoms with Gasteiger partial charge in [-0.3, -0.25) is 5.10 Å². The Bertz CT molecular complexity index is 832.